The number of rotatable bonds is 9. The molecule has 31 heavy (non-hydrogen) atoms. The van der Waals surface area contributed by atoms with Gasteiger partial charge in [-0.1, -0.05) is 42.5 Å². The van der Waals surface area contributed by atoms with Gasteiger partial charge < -0.3 is 15.4 Å². The van der Waals surface area contributed by atoms with E-state index in [1.165, 1.54) is 12.1 Å². The van der Waals surface area contributed by atoms with Crippen LogP contribution >= 0.6 is 0 Å². The number of hydrogen-bond acceptors (Lipinski definition) is 4. The standard InChI is InChI=1S/C23H31FN4O2S/c1-25-23(26-11-16-31(29)18-19-5-3-2-4-6-19)27-17-22(28-12-14-30-15-13-28)20-7-9-21(24)10-8-20/h2-10,22H,11-18H2,1H3,(H2,25,26,27). The maximum Gasteiger partial charge on any atom is 0.191 e. The summed E-state index contributed by atoms with van der Waals surface area (Å²) < 4.78 is 31.2. The lowest BCUT2D eigenvalue weighted by molar-refractivity contribution is 0.0170. The van der Waals surface area contributed by atoms with Gasteiger partial charge in [-0.05, 0) is 23.3 Å². The molecule has 2 aromatic carbocycles. The second-order valence-corrected chi connectivity index (χ2v) is 8.95. The summed E-state index contributed by atoms with van der Waals surface area (Å²) in [6, 6.07) is 16.6. The third kappa shape index (κ3) is 7.72. The van der Waals surface area contributed by atoms with Gasteiger partial charge in [0, 0.05) is 55.5 Å². The van der Waals surface area contributed by atoms with Crippen molar-refractivity contribution in [2.75, 3.05) is 52.2 Å². The summed E-state index contributed by atoms with van der Waals surface area (Å²) in [4.78, 5) is 6.63. The minimum Gasteiger partial charge on any atom is -0.379 e. The minimum absolute atomic E-state index is 0.0789. The summed E-state index contributed by atoms with van der Waals surface area (Å²) in [5.41, 5.74) is 2.13. The van der Waals surface area contributed by atoms with Crippen LogP contribution in [0.15, 0.2) is 59.6 Å². The fourth-order valence-electron chi connectivity index (χ4n) is 3.56. The molecular formula is C23H31FN4O2S. The zero-order valence-electron chi connectivity index (χ0n) is 17.9. The normalized spacial score (nSPS) is 17.2. The van der Waals surface area contributed by atoms with Crippen molar-refractivity contribution in [3.8, 4) is 0 Å². The molecule has 1 heterocycles. The van der Waals surface area contributed by atoms with Crippen LogP contribution in [0, 0.1) is 5.82 Å². The topological polar surface area (TPSA) is 66.0 Å². The van der Waals surface area contributed by atoms with E-state index in [1.807, 2.05) is 42.5 Å². The van der Waals surface area contributed by atoms with Crippen LogP contribution in [0.5, 0.6) is 0 Å². The van der Waals surface area contributed by atoms with Crippen LogP contribution < -0.4 is 10.6 Å². The molecular weight excluding hydrogens is 415 g/mol. The SMILES string of the molecule is CN=C(NCCS(=O)Cc1ccccc1)NCC(c1ccc(F)cc1)N1CCOCC1. The van der Waals surface area contributed by atoms with Gasteiger partial charge in [0.1, 0.15) is 5.82 Å². The van der Waals surface area contributed by atoms with Crippen LogP contribution in [0.25, 0.3) is 0 Å². The quantitative estimate of drug-likeness (QED) is 0.457. The van der Waals surface area contributed by atoms with Crippen molar-refractivity contribution in [2.45, 2.75) is 11.8 Å². The lowest BCUT2D eigenvalue weighted by Crippen LogP contribution is -2.46. The van der Waals surface area contributed by atoms with Crippen molar-refractivity contribution in [1.82, 2.24) is 15.5 Å². The maximum absolute atomic E-state index is 13.4. The molecule has 1 aliphatic heterocycles. The van der Waals surface area contributed by atoms with E-state index in [0.717, 1.165) is 24.2 Å². The van der Waals surface area contributed by atoms with Crippen molar-refractivity contribution in [3.63, 3.8) is 0 Å². The Morgan fingerprint density at radius 2 is 1.84 bits per heavy atom. The number of benzene rings is 2. The van der Waals surface area contributed by atoms with Gasteiger partial charge in [-0.15, -0.1) is 0 Å². The van der Waals surface area contributed by atoms with E-state index in [4.69, 9.17) is 4.74 Å². The Morgan fingerprint density at radius 1 is 1.13 bits per heavy atom. The van der Waals surface area contributed by atoms with Crippen LogP contribution in [-0.4, -0.2) is 67.3 Å². The predicted octanol–water partition coefficient (Wildman–Crippen LogP) is 2.31. The van der Waals surface area contributed by atoms with Crippen LogP contribution in [0.4, 0.5) is 4.39 Å². The van der Waals surface area contributed by atoms with Gasteiger partial charge in [0.15, 0.2) is 5.96 Å². The Balaban J connectivity index is 1.50. The number of ether oxygens (including phenoxy) is 1. The average molecular weight is 447 g/mol. The molecule has 168 valence electrons. The molecule has 1 aliphatic rings. The highest BCUT2D eigenvalue weighted by molar-refractivity contribution is 7.84. The lowest BCUT2D eigenvalue weighted by atomic mass is 10.0. The second-order valence-electron chi connectivity index (χ2n) is 7.37. The first-order chi connectivity index (χ1) is 15.2. The predicted molar refractivity (Wildman–Crippen MR) is 124 cm³/mol. The van der Waals surface area contributed by atoms with Gasteiger partial charge >= 0.3 is 0 Å². The van der Waals surface area contributed by atoms with Gasteiger partial charge in [-0.3, -0.25) is 14.1 Å². The summed E-state index contributed by atoms with van der Waals surface area (Å²) in [5, 5.41) is 6.61. The number of guanidine groups is 1. The summed E-state index contributed by atoms with van der Waals surface area (Å²) in [7, 11) is 0.779. The number of morpholine rings is 1. The molecule has 1 fully saturated rings. The molecule has 1 saturated heterocycles. The third-order valence-electron chi connectivity index (χ3n) is 5.22. The first kappa shape index (κ1) is 23.4. The van der Waals surface area contributed by atoms with Crippen LogP contribution in [-0.2, 0) is 21.3 Å². The molecule has 0 saturated carbocycles. The van der Waals surface area contributed by atoms with E-state index >= 15 is 0 Å². The summed E-state index contributed by atoms with van der Waals surface area (Å²) in [6.45, 7) is 4.23. The van der Waals surface area contributed by atoms with Crippen LogP contribution in [0.3, 0.4) is 0 Å². The highest BCUT2D eigenvalue weighted by atomic mass is 32.2. The van der Waals surface area contributed by atoms with E-state index in [0.29, 0.717) is 43.8 Å². The molecule has 0 amide bonds. The fourth-order valence-corrected chi connectivity index (χ4v) is 4.60. The Kier molecular flexibility index (Phi) is 9.45. The van der Waals surface area contributed by atoms with Gasteiger partial charge in [0.2, 0.25) is 0 Å². The zero-order valence-corrected chi connectivity index (χ0v) is 18.7. The molecule has 0 bridgehead atoms. The van der Waals surface area contributed by atoms with Crippen molar-refractivity contribution in [2.24, 2.45) is 4.99 Å². The average Bonchev–Trinajstić information content (AvgIpc) is 2.80. The number of hydrogen-bond donors (Lipinski definition) is 2. The Hall–Kier alpha value is -2.29. The number of aliphatic imine (C=N–C) groups is 1. The van der Waals surface area contributed by atoms with E-state index in [-0.39, 0.29) is 11.9 Å². The largest absolute Gasteiger partial charge is 0.379 e. The van der Waals surface area contributed by atoms with Crippen molar-refractivity contribution in [3.05, 3.63) is 71.5 Å². The molecule has 0 aliphatic carbocycles. The molecule has 0 radical (unpaired) electrons. The Morgan fingerprint density at radius 3 is 2.52 bits per heavy atom. The number of halogens is 1. The molecule has 8 heteroatoms. The highest BCUT2D eigenvalue weighted by Crippen LogP contribution is 2.21. The summed E-state index contributed by atoms with van der Waals surface area (Å²) in [6.07, 6.45) is 0. The third-order valence-corrected chi connectivity index (χ3v) is 6.54. The van der Waals surface area contributed by atoms with E-state index in [9.17, 15) is 8.60 Å². The number of nitrogens with one attached hydrogen (secondary N) is 2. The van der Waals surface area contributed by atoms with E-state index in [2.05, 4.69) is 20.5 Å². The summed E-state index contributed by atoms with van der Waals surface area (Å²) in [5.74, 6) is 1.52. The number of nitrogens with zero attached hydrogens (tertiary/aromatic N) is 2. The first-order valence-corrected chi connectivity index (χ1v) is 12.0. The van der Waals surface area contributed by atoms with Crippen molar-refractivity contribution >= 4 is 16.8 Å². The molecule has 6 nitrogen and oxygen atoms in total. The maximum atomic E-state index is 13.4. The van der Waals surface area contributed by atoms with E-state index < -0.39 is 10.8 Å². The Bertz CT molecular complexity index is 842. The van der Waals surface area contributed by atoms with Crippen LogP contribution in [0.2, 0.25) is 0 Å². The van der Waals surface area contributed by atoms with E-state index in [1.54, 1.807) is 7.05 Å². The molecule has 0 spiro atoms. The van der Waals surface area contributed by atoms with Crippen molar-refractivity contribution < 1.29 is 13.3 Å². The van der Waals surface area contributed by atoms with Crippen molar-refractivity contribution in [1.29, 1.82) is 0 Å². The van der Waals surface area contributed by atoms with Gasteiger partial charge in [-0.2, -0.15) is 0 Å². The molecule has 2 aromatic rings. The monoisotopic (exact) mass is 446 g/mol. The molecule has 2 atom stereocenters. The summed E-state index contributed by atoms with van der Waals surface area (Å²) >= 11 is 0. The Labute approximate surface area is 186 Å². The van der Waals surface area contributed by atoms with Gasteiger partial charge in [-0.25, -0.2) is 4.39 Å². The zero-order chi connectivity index (χ0) is 21.9. The molecule has 2 unspecified atom stereocenters. The molecule has 3 rings (SSSR count). The van der Waals surface area contributed by atoms with Gasteiger partial charge in [0.05, 0.1) is 19.3 Å². The first-order valence-electron chi connectivity index (χ1n) is 10.6. The fraction of sp³-hybridized carbons (Fsp3) is 0.435. The van der Waals surface area contributed by atoms with Gasteiger partial charge in [0.25, 0.3) is 0 Å². The van der Waals surface area contributed by atoms with Crippen LogP contribution in [0.1, 0.15) is 17.2 Å². The highest BCUT2D eigenvalue weighted by Gasteiger charge is 2.23. The smallest absolute Gasteiger partial charge is 0.191 e. The molecule has 0 aromatic heterocycles. The second kappa shape index (κ2) is 12.5. The minimum atomic E-state index is -0.941. The lowest BCUT2D eigenvalue weighted by Gasteiger charge is -2.35. The molecule has 2 N–H and O–H groups in total.